The van der Waals surface area contributed by atoms with Crippen LogP contribution in [0.15, 0.2) is 18.2 Å². The van der Waals surface area contributed by atoms with E-state index >= 15 is 0 Å². The largest absolute Gasteiger partial charge is 0.478 e. The Morgan fingerprint density at radius 2 is 2.18 bits per heavy atom. The van der Waals surface area contributed by atoms with E-state index in [9.17, 15) is 4.79 Å². The molecule has 0 N–H and O–H groups in total. The maximum Gasteiger partial charge on any atom is 0.356 e. The Kier molecular flexibility index (Phi) is 6.91. The normalized spacial score (nSPS) is 10.0. The first kappa shape index (κ1) is 14.2. The second-order valence-electron chi connectivity index (χ2n) is 3.45. The van der Waals surface area contributed by atoms with Crippen LogP contribution in [-0.2, 0) is 4.74 Å². The van der Waals surface area contributed by atoms with Crippen molar-refractivity contribution < 1.29 is 14.3 Å². The van der Waals surface area contributed by atoms with E-state index in [4.69, 9.17) is 4.74 Å². The van der Waals surface area contributed by atoms with Crippen LogP contribution in [0.3, 0.4) is 0 Å². The number of hydrogen-bond acceptors (Lipinski definition) is 4. The minimum Gasteiger partial charge on any atom is -0.478 e. The molecule has 0 radical (unpaired) electrons. The molecule has 0 bridgehead atoms. The van der Waals surface area contributed by atoms with Crippen molar-refractivity contribution in [2.75, 3.05) is 18.1 Å². The average Bonchev–Trinajstić information content (AvgIpc) is 2.38. The summed E-state index contributed by atoms with van der Waals surface area (Å²) in [6.45, 7) is 0.633. The van der Waals surface area contributed by atoms with Gasteiger partial charge in [-0.3, -0.25) is 0 Å². The van der Waals surface area contributed by atoms with Crippen molar-refractivity contribution in [2.45, 2.75) is 19.3 Å². The fourth-order valence-electron chi connectivity index (χ4n) is 1.26. The molecule has 0 aliphatic heterocycles. The predicted octanol–water partition coefficient (Wildman–Crippen LogP) is 2.85. The van der Waals surface area contributed by atoms with Gasteiger partial charge in [0, 0.05) is 6.07 Å². The Balaban J connectivity index is 2.40. The van der Waals surface area contributed by atoms with Gasteiger partial charge in [0.15, 0.2) is 5.69 Å². The molecule has 0 atom stereocenters. The van der Waals surface area contributed by atoms with Gasteiger partial charge in [-0.25, -0.2) is 9.78 Å². The number of alkyl halides is 1. The van der Waals surface area contributed by atoms with Crippen molar-refractivity contribution in [3.63, 3.8) is 0 Å². The van der Waals surface area contributed by atoms with Crippen molar-refractivity contribution >= 4 is 28.6 Å². The number of esters is 1. The minimum absolute atomic E-state index is 0.275. The fourth-order valence-corrected chi connectivity index (χ4v) is 1.80. The number of carbonyl (C=O) groups is 1. The van der Waals surface area contributed by atoms with E-state index in [1.165, 1.54) is 18.0 Å². The molecule has 0 aliphatic rings. The SMILES string of the molecule is COC(=O)c1cccc(OCCCCCI)n1. The summed E-state index contributed by atoms with van der Waals surface area (Å²) in [4.78, 5) is 15.3. The standard InChI is InChI=1S/C12H16INO3/c1-16-12(15)10-6-5-7-11(14-10)17-9-4-2-3-8-13/h5-7H,2-4,8-9H2,1H3. The van der Waals surface area contributed by atoms with Crippen LogP contribution in [0, 0.1) is 0 Å². The maximum absolute atomic E-state index is 11.2. The van der Waals surface area contributed by atoms with E-state index < -0.39 is 5.97 Å². The first-order valence-corrected chi connectivity index (χ1v) is 7.04. The summed E-state index contributed by atoms with van der Waals surface area (Å²) in [7, 11) is 1.33. The highest BCUT2D eigenvalue weighted by atomic mass is 127. The zero-order chi connectivity index (χ0) is 12.5. The lowest BCUT2D eigenvalue weighted by molar-refractivity contribution is 0.0592. The third kappa shape index (κ3) is 5.34. The van der Waals surface area contributed by atoms with Crippen LogP contribution in [0.25, 0.3) is 0 Å². The molecular weight excluding hydrogens is 333 g/mol. The van der Waals surface area contributed by atoms with Crippen LogP contribution in [0.4, 0.5) is 0 Å². The summed E-state index contributed by atoms with van der Waals surface area (Å²) in [6.07, 6.45) is 3.37. The molecule has 17 heavy (non-hydrogen) atoms. The minimum atomic E-state index is -0.444. The van der Waals surface area contributed by atoms with Gasteiger partial charge in [-0.05, 0) is 29.8 Å². The Morgan fingerprint density at radius 1 is 1.35 bits per heavy atom. The van der Waals surface area contributed by atoms with Crippen molar-refractivity contribution in [1.82, 2.24) is 4.98 Å². The second-order valence-corrected chi connectivity index (χ2v) is 4.53. The second kappa shape index (κ2) is 8.27. The number of unbranched alkanes of at least 4 members (excludes halogenated alkanes) is 2. The summed E-state index contributed by atoms with van der Waals surface area (Å²) in [5.74, 6) is 0.0303. The number of halogens is 1. The van der Waals surface area contributed by atoms with E-state index in [0.29, 0.717) is 12.5 Å². The van der Waals surface area contributed by atoms with Crippen LogP contribution >= 0.6 is 22.6 Å². The van der Waals surface area contributed by atoms with Gasteiger partial charge in [0.05, 0.1) is 13.7 Å². The van der Waals surface area contributed by atoms with Gasteiger partial charge in [-0.1, -0.05) is 28.7 Å². The van der Waals surface area contributed by atoms with E-state index in [0.717, 1.165) is 12.8 Å². The Bertz CT molecular complexity index is 357. The van der Waals surface area contributed by atoms with Crippen LogP contribution in [0.1, 0.15) is 29.8 Å². The number of methoxy groups -OCH3 is 1. The summed E-state index contributed by atoms with van der Waals surface area (Å²) in [5.41, 5.74) is 0.275. The maximum atomic E-state index is 11.2. The molecule has 0 fully saturated rings. The molecule has 0 aromatic carbocycles. The van der Waals surface area contributed by atoms with Crippen molar-refractivity contribution in [2.24, 2.45) is 0 Å². The van der Waals surface area contributed by atoms with Crippen LogP contribution in [-0.4, -0.2) is 29.1 Å². The molecule has 0 saturated heterocycles. The highest BCUT2D eigenvalue weighted by molar-refractivity contribution is 14.1. The van der Waals surface area contributed by atoms with Crippen molar-refractivity contribution in [3.8, 4) is 5.88 Å². The number of hydrogen-bond donors (Lipinski definition) is 0. The highest BCUT2D eigenvalue weighted by Crippen LogP contribution is 2.09. The Hall–Kier alpha value is -0.850. The summed E-state index contributed by atoms with van der Waals surface area (Å²) < 4.78 is 11.2. The van der Waals surface area contributed by atoms with Gasteiger partial charge >= 0.3 is 5.97 Å². The topological polar surface area (TPSA) is 48.4 Å². The van der Waals surface area contributed by atoms with Crippen LogP contribution in [0.2, 0.25) is 0 Å². The van der Waals surface area contributed by atoms with E-state index in [2.05, 4.69) is 32.3 Å². The number of carbonyl (C=O) groups excluding carboxylic acids is 1. The fraction of sp³-hybridized carbons (Fsp3) is 0.500. The van der Waals surface area contributed by atoms with Gasteiger partial charge in [0.2, 0.25) is 5.88 Å². The zero-order valence-corrected chi connectivity index (χ0v) is 12.0. The lowest BCUT2D eigenvalue weighted by Gasteiger charge is -2.05. The number of pyridine rings is 1. The molecule has 94 valence electrons. The van der Waals surface area contributed by atoms with Crippen LogP contribution in [0.5, 0.6) is 5.88 Å². The molecule has 0 spiro atoms. The molecule has 1 aromatic heterocycles. The molecular formula is C12H16INO3. The number of nitrogens with zero attached hydrogens (tertiary/aromatic N) is 1. The highest BCUT2D eigenvalue weighted by Gasteiger charge is 2.07. The summed E-state index contributed by atoms with van der Waals surface area (Å²) >= 11 is 2.36. The molecule has 5 heteroatoms. The Labute approximate surface area is 115 Å². The summed E-state index contributed by atoms with van der Waals surface area (Å²) in [5, 5.41) is 0. The average molecular weight is 349 g/mol. The zero-order valence-electron chi connectivity index (χ0n) is 9.82. The first-order chi connectivity index (χ1) is 8.27. The van der Waals surface area contributed by atoms with Crippen molar-refractivity contribution in [1.29, 1.82) is 0 Å². The van der Waals surface area contributed by atoms with E-state index in [-0.39, 0.29) is 5.69 Å². The van der Waals surface area contributed by atoms with Gasteiger partial charge in [-0.15, -0.1) is 0 Å². The Morgan fingerprint density at radius 3 is 2.88 bits per heavy atom. The van der Waals surface area contributed by atoms with Gasteiger partial charge in [-0.2, -0.15) is 0 Å². The molecule has 0 unspecified atom stereocenters. The first-order valence-electron chi connectivity index (χ1n) is 5.52. The molecule has 1 heterocycles. The molecule has 1 rings (SSSR count). The monoisotopic (exact) mass is 349 g/mol. The molecule has 4 nitrogen and oxygen atoms in total. The van der Waals surface area contributed by atoms with Crippen LogP contribution < -0.4 is 4.74 Å². The number of ether oxygens (including phenoxy) is 2. The summed E-state index contributed by atoms with van der Waals surface area (Å²) in [6, 6.07) is 5.08. The lowest BCUT2D eigenvalue weighted by Crippen LogP contribution is -2.06. The smallest absolute Gasteiger partial charge is 0.356 e. The van der Waals surface area contributed by atoms with Crippen molar-refractivity contribution in [3.05, 3.63) is 23.9 Å². The third-order valence-corrected chi connectivity index (χ3v) is 2.91. The molecule has 0 aliphatic carbocycles. The lowest BCUT2D eigenvalue weighted by atomic mass is 10.3. The molecule has 0 saturated carbocycles. The quantitative estimate of drug-likeness (QED) is 0.329. The van der Waals surface area contributed by atoms with E-state index in [1.807, 2.05) is 0 Å². The van der Waals surface area contributed by atoms with Gasteiger partial charge in [0.1, 0.15) is 0 Å². The number of rotatable bonds is 7. The number of aromatic nitrogens is 1. The van der Waals surface area contributed by atoms with Gasteiger partial charge < -0.3 is 9.47 Å². The third-order valence-electron chi connectivity index (χ3n) is 2.15. The molecule has 1 aromatic rings. The predicted molar refractivity (Wildman–Crippen MR) is 73.8 cm³/mol. The molecule has 0 amide bonds. The van der Waals surface area contributed by atoms with Gasteiger partial charge in [0.25, 0.3) is 0 Å². The van der Waals surface area contributed by atoms with E-state index in [1.54, 1.807) is 18.2 Å².